The third-order valence-electron chi connectivity index (χ3n) is 5.55. The maximum atomic E-state index is 13.6. The van der Waals surface area contributed by atoms with E-state index in [1.54, 1.807) is 0 Å². The Hall–Kier alpha value is -2.86. The second-order valence-corrected chi connectivity index (χ2v) is 8.17. The molecule has 0 unspecified atom stereocenters. The predicted octanol–water partition coefficient (Wildman–Crippen LogP) is 4.43. The van der Waals surface area contributed by atoms with Gasteiger partial charge in [-0.2, -0.15) is 0 Å². The van der Waals surface area contributed by atoms with Crippen molar-refractivity contribution < 1.29 is 9.53 Å². The van der Waals surface area contributed by atoms with Crippen molar-refractivity contribution in [3.63, 3.8) is 0 Å². The van der Waals surface area contributed by atoms with Crippen LogP contribution in [0.4, 0.5) is 5.82 Å². The summed E-state index contributed by atoms with van der Waals surface area (Å²) >= 11 is 3.42. The first kappa shape index (κ1) is 18.2. The van der Waals surface area contributed by atoms with Crippen molar-refractivity contribution in [2.24, 2.45) is 0 Å². The van der Waals surface area contributed by atoms with E-state index in [0.717, 1.165) is 46.0 Å². The monoisotopic (exact) mass is 449 g/mol. The van der Waals surface area contributed by atoms with Crippen molar-refractivity contribution in [3.8, 4) is 11.5 Å². The number of hydrogen-bond acceptors (Lipinski definition) is 4. The van der Waals surface area contributed by atoms with Crippen LogP contribution in [0.25, 0.3) is 0 Å². The van der Waals surface area contributed by atoms with Crippen LogP contribution in [0.3, 0.4) is 0 Å². The third-order valence-corrected chi connectivity index (χ3v) is 6.02. The Balaban J connectivity index is 1.38. The quantitative estimate of drug-likeness (QED) is 0.580. The molecular formula is C23H20BrN3O2. The zero-order chi connectivity index (χ0) is 19.8. The fourth-order valence-corrected chi connectivity index (χ4v) is 4.30. The summed E-state index contributed by atoms with van der Waals surface area (Å²) in [6.07, 6.45) is 1.81. The number of aromatic nitrogens is 1. The molecule has 0 bridgehead atoms. The number of anilines is 1. The molecule has 1 fully saturated rings. The van der Waals surface area contributed by atoms with Crippen molar-refractivity contribution >= 4 is 27.7 Å². The lowest BCUT2D eigenvalue weighted by Crippen LogP contribution is -2.50. The molecule has 0 atom stereocenters. The number of nitrogens with zero attached hydrogens (tertiary/aromatic N) is 3. The summed E-state index contributed by atoms with van der Waals surface area (Å²) in [5.74, 6) is 2.29. The van der Waals surface area contributed by atoms with Gasteiger partial charge in [0.05, 0.1) is 5.92 Å². The molecule has 1 saturated heterocycles. The largest absolute Gasteiger partial charge is 0.457 e. The molecule has 0 radical (unpaired) electrons. The molecule has 1 aromatic heterocycles. The molecule has 29 heavy (non-hydrogen) atoms. The number of carbonyl (C=O) groups is 1. The number of halogens is 1. The lowest BCUT2D eigenvalue weighted by Gasteiger charge is -2.38. The first-order valence-corrected chi connectivity index (χ1v) is 10.5. The van der Waals surface area contributed by atoms with E-state index in [1.807, 2.05) is 71.8 Å². The Labute approximate surface area is 178 Å². The van der Waals surface area contributed by atoms with E-state index in [9.17, 15) is 4.79 Å². The van der Waals surface area contributed by atoms with E-state index in [2.05, 4.69) is 25.8 Å². The van der Waals surface area contributed by atoms with Gasteiger partial charge in [-0.05, 0) is 40.2 Å². The van der Waals surface area contributed by atoms with Crippen LogP contribution < -0.4 is 9.64 Å². The number of ether oxygens (including phenoxy) is 1. The molecule has 0 aliphatic carbocycles. The number of amides is 1. The first-order valence-electron chi connectivity index (χ1n) is 9.72. The topological polar surface area (TPSA) is 45.7 Å². The van der Waals surface area contributed by atoms with E-state index in [-0.39, 0.29) is 11.8 Å². The lowest BCUT2D eigenvalue weighted by atomic mass is 9.86. The fraction of sp³-hybridized carbons (Fsp3) is 0.217. The van der Waals surface area contributed by atoms with Crippen molar-refractivity contribution in [2.45, 2.75) is 5.92 Å². The van der Waals surface area contributed by atoms with Gasteiger partial charge in [0.1, 0.15) is 17.3 Å². The average molecular weight is 450 g/mol. The summed E-state index contributed by atoms with van der Waals surface area (Å²) < 4.78 is 7.00. The summed E-state index contributed by atoms with van der Waals surface area (Å²) in [5, 5.41) is 0. The molecule has 2 aliphatic rings. The van der Waals surface area contributed by atoms with Crippen LogP contribution in [0, 0.1) is 0 Å². The highest BCUT2D eigenvalue weighted by atomic mass is 79.9. The van der Waals surface area contributed by atoms with E-state index < -0.39 is 0 Å². The Morgan fingerprint density at radius 2 is 1.52 bits per heavy atom. The molecule has 3 aromatic rings. The number of piperazine rings is 1. The van der Waals surface area contributed by atoms with Gasteiger partial charge >= 0.3 is 0 Å². The van der Waals surface area contributed by atoms with Gasteiger partial charge in [0.15, 0.2) is 0 Å². The molecule has 3 heterocycles. The predicted molar refractivity (Wildman–Crippen MR) is 116 cm³/mol. The Kier molecular flexibility index (Phi) is 4.72. The summed E-state index contributed by atoms with van der Waals surface area (Å²) in [4.78, 5) is 22.3. The summed E-state index contributed by atoms with van der Waals surface area (Å²) in [6.45, 7) is 2.90. The number of rotatable bonds is 2. The second-order valence-electron chi connectivity index (χ2n) is 7.26. The normalized spacial score (nSPS) is 16.0. The number of pyridine rings is 1. The standard InChI is InChI=1S/C23H20BrN3O2/c24-16-9-10-21(25-15-16)26-11-13-27(14-12-26)23(28)22-17-5-1-3-7-19(17)29-20-8-4-2-6-18(20)22/h1-10,15,22H,11-14H2. The van der Waals surface area contributed by atoms with Crippen LogP contribution in [0.2, 0.25) is 0 Å². The van der Waals surface area contributed by atoms with E-state index in [0.29, 0.717) is 13.1 Å². The highest BCUT2D eigenvalue weighted by Gasteiger charge is 2.36. The fourth-order valence-electron chi connectivity index (χ4n) is 4.07. The van der Waals surface area contributed by atoms with Crippen molar-refractivity contribution in [3.05, 3.63) is 82.5 Å². The van der Waals surface area contributed by atoms with Gasteiger partial charge < -0.3 is 14.5 Å². The molecule has 5 rings (SSSR count). The molecule has 2 aliphatic heterocycles. The SMILES string of the molecule is O=C(C1c2ccccc2Oc2ccccc21)N1CCN(c2ccc(Br)cn2)CC1. The zero-order valence-corrected chi connectivity index (χ0v) is 17.4. The van der Waals surface area contributed by atoms with Crippen LogP contribution >= 0.6 is 15.9 Å². The van der Waals surface area contributed by atoms with Gasteiger partial charge in [0.2, 0.25) is 5.91 Å². The van der Waals surface area contributed by atoms with Gasteiger partial charge in [-0.3, -0.25) is 4.79 Å². The van der Waals surface area contributed by atoms with E-state index in [1.165, 1.54) is 0 Å². The minimum Gasteiger partial charge on any atom is -0.457 e. The number of fused-ring (bicyclic) bond motifs is 2. The molecule has 0 spiro atoms. The van der Waals surface area contributed by atoms with Gasteiger partial charge in [0.25, 0.3) is 0 Å². The van der Waals surface area contributed by atoms with Crippen molar-refractivity contribution in [1.29, 1.82) is 0 Å². The van der Waals surface area contributed by atoms with Gasteiger partial charge in [-0.15, -0.1) is 0 Å². The second kappa shape index (κ2) is 7.52. The van der Waals surface area contributed by atoms with Crippen molar-refractivity contribution in [1.82, 2.24) is 9.88 Å². The minimum atomic E-state index is -0.325. The summed E-state index contributed by atoms with van der Waals surface area (Å²) in [5.41, 5.74) is 1.88. The lowest BCUT2D eigenvalue weighted by molar-refractivity contribution is -0.132. The molecule has 0 N–H and O–H groups in total. The van der Waals surface area contributed by atoms with Crippen LogP contribution in [0.5, 0.6) is 11.5 Å². The molecule has 146 valence electrons. The van der Waals surface area contributed by atoms with Crippen LogP contribution in [0.15, 0.2) is 71.3 Å². The van der Waals surface area contributed by atoms with Gasteiger partial charge in [-0.1, -0.05) is 36.4 Å². The van der Waals surface area contributed by atoms with Crippen LogP contribution in [-0.2, 0) is 4.79 Å². The minimum absolute atomic E-state index is 0.136. The molecule has 1 amide bonds. The average Bonchev–Trinajstić information content (AvgIpc) is 2.77. The van der Waals surface area contributed by atoms with Gasteiger partial charge in [-0.25, -0.2) is 4.98 Å². The van der Waals surface area contributed by atoms with Crippen molar-refractivity contribution in [2.75, 3.05) is 31.1 Å². The first-order chi connectivity index (χ1) is 14.2. The Morgan fingerprint density at radius 3 is 2.10 bits per heavy atom. The van der Waals surface area contributed by atoms with E-state index in [4.69, 9.17) is 4.74 Å². The van der Waals surface area contributed by atoms with E-state index >= 15 is 0 Å². The number of para-hydroxylation sites is 2. The molecule has 6 heteroatoms. The highest BCUT2D eigenvalue weighted by molar-refractivity contribution is 9.10. The molecule has 0 saturated carbocycles. The van der Waals surface area contributed by atoms with Crippen LogP contribution in [-0.4, -0.2) is 42.0 Å². The molecule has 2 aromatic carbocycles. The third kappa shape index (κ3) is 3.38. The Bertz CT molecular complexity index is 1000. The maximum Gasteiger partial charge on any atom is 0.234 e. The zero-order valence-electron chi connectivity index (χ0n) is 15.8. The number of carbonyl (C=O) groups excluding carboxylic acids is 1. The summed E-state index contributed by atoms with van der Waals surface area (Å²) in [7, 11) is 0. The number of hydrogen-bond donors (Lipinski definition) is 0. The maximum absolute atomic E-state index is 13.6. The molecular weight excluding hydrogens is 430 g/mol. The summed E-state index contributed by atoms with van der Waals surface area (Å²) in [6, 6.07) is 19.7. The number of benzene rings is 2. The smallest absolute Gasteiger partial charge is 0.234 e. The molecule has 5 nitrogen and oxygen atoms in total. The van der Waals surface area contributed by atoms with Crippen LogP contribution in [0.1, 0.15) is 17.0 Å². The Morgan fingerprint density at radius 1 is 0.897 bits per heavy atom. The van der Waals surface area contributed by atoms with Gasteiger partial charge in [0, 0.05) is 48.0 Å². The highest BCUT2D eigenvalue weighted by Crippen LogP contribution is 2.44.